The van der Waals surface area contributed by atoms with Crippen molar-refractivity contribution in [3.8, 4) is 5.75 Å². The van der Waals surface area contributed by atoms with Gasteiger partial charge in [-0.25, -0.2) is 4.39 Å². The van der Waals surface area contributed by atoms with Crippen LogP contribution in [0.1, 0.15) is 48.1 Å². The van der Waals surface area contributed by atoms with E-state index in [-0.39, 0.29) is 17.3 Å². The number of para-hydroxylation sites is 1. The number of halogens is 1. The third kappa shape index (κ3) is 3.96. The molecule has 1 fully saturated rings. The summed E-state index contributed by atoms with van der Waals surface area (Å²) >= 11 is 0. The van der Waals surface area contributed by atoms with Crippen molar-refractivity contribution in [2.75, 3.05) is 12.0 Å². The minimum Gasteiger partial charge on any atom is -0.507 e. The van der Waals surface area contributed by atoms with Crippen molar-refractivity contribution >= 4 is 23.1 Å². The summed E-state index contributed by atoms with van der Waals surface area (Å²) in [4.78, 5) is 27.9. The molecule has 1 heterocycles. The highest BCUT2D eigenvalue weighted by Crippen LogP contribution is 2.43. The summed E-state index contributed by atoms with van der Waals surface area (Å²) in [6.45, 7) is 5.82. The molecule has 1 aliphatic heterocycles. The number of aliphatic hydroxyl groups is 1. The Hall–Kier alpha value is -3.93. The molecule has 1 saturated heterocycles. The summed E-state index contributed by atoms with van der Waals surface area (Å²) in [5, 5.41) is 11.5. The Morgan fingerprint density at radius 2 is 1.68 bits per heavy atom. The largest absolute Gasteiger partial charge is 0.507 e. The van der Waals surface area contributed by atoms with Gasteiger partial charge < -0.3 is 9.84 Å². The molecule has 1 aliphatic rings. The van der Waals surface area contributed by atoms with Gasteiger partial charge >= 0.3 is 0 Å². The molecule has 6 heteroatoms. The molecular formula is C28H26FNO4. The molecule has 3 aromatic rings. The van der Waals surface area contributed by atoms with E-state index in [2.05, 4.69) is 0 Å². The number of anilines is 1. The van der Waals surface area contributed by atoms with Crippen LogP contribution in [-0.2, 0) is 9.59 Å². The quantitative estimate of drug-likeness (QED) is 0.293. The average Bonchev–Trinajstić information content (AvgIpc) is 3.09. The molecule has 0 spiro atoms. The molecule has 3 aromatic carbocycles. The fourth-order valence-electron chi connectivity index (χ4n) is 4.37. The maximum atomic E-state index is 13.7. The lowest BCUT2D eigenvalue weighted by atomic mass is 9.91. The summed E-state index contributed by atoms with van der Waals surface area (Å²) in [5.41, 5.74) is 2.99. The Balaban J connectivity index is 1.98. The van der Waals surface area contributed by atoms with Crippen LogP contribution in [0.4, 0.5) is 10.1 Å². The van der Waals surface area contributed by atoms with E-state index in [4.69, 9.17) is 4.74 Å². The molecular weight excluding hydrogens is 433 g/mol. The topological polar surface area (TPSA) is 66.8 Å². The van der Waals surface area contributed by atoms with E-state index in [0.717, 1.165) is 5.56 Å². The number of methoxy groups -OCH3 is 1. The standard InChI is InChI=1S/C28H26FNO4/c1-16(2)21-15-22(17(3)14-23(21)34-4)26(31)24-25(18-10-12-19(29)13-11-18)30(28(33)27(24)32)20-8-6-5-7-9-20/h5-16,25,31H,1-4H3/b26-24+. The number of Topliss-reactive ketones (excluding diaryl/α,β-unsaturated/α-hetero) is 1. The van der Waals surface area contributed by atoms with Crippen LogP contribution in [0.5, 0.6) is 5.75 Å². The van der Waals surface area contributed by atoms with Gasteiger partial charge in [-0.05, 0) is 65.9 Å². The van der Waals surface area contributed by atoms with Gasteiger partial charge in [-0.2, -0.15) is 0 Å². The lowest BCUT2D eigenvalue weighted by molar-refractivity contribution is -0.132. The Morgan fingerprint density at radius 1 is 1.03 bits per heavy atom. The summed E-state index contributed by atoms with van der Waals surface area (Å²) in [5.74, 6) is -1.47. The summed E-state index contributed by atoms with van der Waals surface area (Å²) in [6.07, 6.45) is 0. The fraction of sp³-hybridized carbons (Fsp3) is 0.214. The normalized spacial score (nSPS) is 17.5. The third-order valence-electron chi connectivity index (χ3n) is 6.12. The Kier molecular flexibility index (Phi) is 6.24. The fourth-order valence-corrected chi connectivity index (χ4v) is 4.37. The molecule has 0 bridgehead atoms. The molecule has 1 amide bonds. The minimum atomic E-state index is -0.910. The lowest BCUT2D eigenvalue weighted by Gasteiger charge is -2.25. The van der Waals surface area contributed by atoms with E-state index in [1.807, 2.05) is 26.8 Å². The maximum absolute atomic E-state index is 13.7. The highest BCUT2D eigenvalue weighted by molar-refractivity contribution is 6.51. The Bertz CT molecular complexity index is 1280. The van der Waals surface area contributed by atoms with Crippen LogP contribution in [0.2, 0.25) is 0 Å². The number of aliphatic hydroxyl groups excluding tert-OH is 1. The molecule has 0 aromatic heterocycles. The number of ketones is 1. The first-order chi connectivity index (χ1) is 16.2. The monoisotopic (exact) mass is 459 g/mol. The van der Waals surface area contributed by atoms with Crippen LogP contribution in [-0.4, -0.2) is 23.9 Å². The number of nitrogens with zero attached hydrogens (tertiary/aromatic N) is 1. The average molecular weight is 460 g/mol. The van der Waals surface area contributed by atoms with Gasteiger partial charge in [0.25, 0.3) is 11.7 Å². The van der Waals surface area contributed by atoms with E-state index in [9.17, 15) is 19.1 Å². The predicted molar refractivity (Wildman–Crippen MR) is 129 cm³/mol. The predicted octanol–water partition coefficient (Wildman–Crippen LogP) is 5.89. The highest BCUT2D eigenvalue weighted by Gasteiger charge is 2.47. The number of rotatable bonds is 5. The van der Waals surface area contributed by atoms with Crippen LogP contribution < -0.4 is 9.64 Å². The SMILES string of the molecule is COc1cc(C)c(/C(O)=C2\C(=O)C(=O)N(c3ccccc3)C2c2ccc(F)cc2)cc1C(C)C. The number of benzene rings is 3. The second-order valence-corrected chi connectivity index (χ2v) is 8.62. The molecule has 0 radical (unpaired) electrons. The molecule has 5 nitrogen and oxygen atoms in total. The summed E-state index contributed by atoms with van der Waals surface area (Å²) in [7, 11) is 1.58. The number of carbonyl (C=O) groups is 2. The zero-order chi connectivity index (χ0) is 24.6. The Labute approximate surface area is 198 Å². The van der Waals surface area contributed by atoms with Crippen LogP contribution >= 0.6 is 0 Å². The van der Waals surface area contributed by atoms with Gasteiger partial charge in [0.2, 0.25) is 0 Å². The second-order valence-electron chi connectivity index (χ2n) is 8.62. The first-order valence-corrected chi connectivity index (χ1v) is 11.0. The molecule has 0 aliphatic carbocycles. The van der Waals surface area contributed by atoms with Crippen molar-refractivity contribution in [1.29, 1.82) is 0 Å². The number of aryl methyl sites for hydroxylation is 1. The van der Waals surface area contributed by atoms with Crippen molar-refractivity contribution in [2.24, 2.45) is 0 Å². The summed E-state index contributed by atoms with van der Waals surface area (Å²) < 4.78 is 19.2. The number of hydrogen-bond acceptors (Lipinski definition) is 4. The first kappa shape index (κ1) is 23.2. The van der Waals surface area contributed by atoms with E-state index >= 15 is 0 Å². The van der Waals surface area contributed by atoms with Crippen molar-refractivity contribution < 1.29 is 23.8 Å². The number of carbonyl (C=O) groups excluding carboxylic acids is 2. The van der Waals surface area contributed by atoms with Crippen molar-refractivity contribution in [2.45, 2.75) is 32.7 Å². The second kappa shape index (κ2) is 9.14. The lowest BCUT2D eigenvalue weighted by Crippen LogP contribution is -2.29. The number of ether oxygens (including phenoxy) is 1. The van der Waals surface area contributed by atoms with Gasteiger partial charge in [-0.3, -0.25) is 14.5 Å². The molecule has 174 valence electrons. The van der Waals surface area contributed by atoms with E-state index in [0.29, 0.717) is 28.1 Å². The van der Waals surface area contributed by atoms with Crippen molar-refractivity contribution in [1.82, 2.24) is 0 Å². The van der Waals surface area contributed by atoms with Crippen LogP contribution in [0.15, 0.2) is 72.3 Å². The molecule has 1 N–H and O–H groups in total. The van der Waals surface area contributed by atoms with Gasteiger partial charge in [-0.1, -0.05) is 44.2 Å². The first-order valence-electron chi connectivity index (χ1n) is 11.0. The third-order valence-corrected chi connectivity index (χ3v) is 6.12. The Morgan fingerprint density at radius 3 is 2.26 bits per heavy atom. The van der Waals surface area contributed by atoms with E-state index < -0.39 is 23.5 Å². The maximum Gasteiger partial charge on any atom is 0.300 e. The number of hydrogen-bond donors (Lipinski definition) is 1. The van der Waals surface area contributed by atoms with Crippen molar-refractivity contribution in [3.05, 3.63) is 100 Å². The highest BCUT2D eigenvalue weighted by atomic mass is 19.1. The smallest absolute Gasteiger partial charge is 0.300 e. The molecule has 1 unspecified atom stereocenters. The van der Waals surface area contributed by atoms with Gasteiger partial charge in [0.1, 0.15) is 17.3 Å². The van der Waals surface area contributed by atoms with Gasteiger partial charge in [-0.15, -0.1) is 0 Å². The zero-order valence-electron chi connectivity index (χ0n) is 19.5. The number of amides is 1. The van der Waals surface area contributed by atoms with Crippen LogP contribution in [0.3, 0.4) is 0 Å². The van der Waals surface area contributed by atoms with Crippen LogP contribution in [0.25, 0.3) is 5.76 Å². The van der Waals surface area contributed by atoms with E-state index in [1.54, 1.807) is 43.5 Å². The minimum absolute atomic E-state index is 0.0385. The van der Waals surface area contributed by atoms with Gasteiger partial charge in [0.05, 0.1) is 18.7 Å². The van der Waals surface area contributed by atoms with Gasteiger partial charge in [0.15, 0.2) is 0 Å². The molecule has 34 heavy (non-hydrogen) atoms. The van der Waals surface area contributed by atoms with Crippen molar-refractivity contribution in [3.63, 3.8) is 0 Å². The molecule has 0 saturated carbocycles. The molecule has 1 atom stereocenters. The van der Waals surface area contributed by atoms with Crippen LogP contribution in [0, 0.1) is 12.7 Å². The summed E-state index contributed by atoms with van der Waals surface area (Å²) in [6, 6.07) is 17.1. The van der Waals surface area contributed by atoms with E-state index in [1.165, 1.54) is 29.2 Å². The molecule has 4 rings (SSSR count). The van der Waals surface area contributed by atoms with Gasteiger partial charge in [0, 0.05) is 11.3 Å². The zero-order valence-corrected chi connectivity index (χ0v) is 19.5.